The Labute approximate surface area is 280 Å². The highest BCUT2D eigenvalue weighted by Crippen LogP contribution is 2.28. The molecular formula is C36H40BrN3O5S. The molecule has 0 bridgehead atoms. The maximum absolute atomic E-state index is 14.6. The minimum atomic E-state index is -4.21. The quantitative estimate of drug-likeness (QED) is 0.161. The number of anilines is 1. The van der Waals surface area contributed by atoms with E-state index in [0.717, 1.165) is 25.5 Å². The van der Waals surface area contributed by atoms with Crippen molar-refractivity contribution in [3.8, 4) is 5.75 Å². The van der Waals surface area contributed by atoms with Gasteiger partial charge in [0.1, 0.15) is 18.3 Å². The van der Waals surface area contributed by atoms with Crippen LogP contribution < -0.4 is 14.4 Å². The first kappa shape index (κ1) is 34.7. The molecule has 0 fully saturated rings. The van der Waals surface area contributed by atoms with Gasteiger partial charge in [0.15, 0.2) is 0 Å². The van der Waals surface area contributed by atoms with E-state index in [4.69, 9.17) is 4.74 Å². The molecule has 4 aromatic rings. The third-order valence-electron chi connectivity index (χ3n) is 7.77. The largest absolute Gasteiger partial charge is 0.497 e. The molecule has 0 unspecified atom stereocenters. The number of sulfonamides is 1. The Morgan fingerprint density at radius 3 is 2.20 bits per heavy atom. The summed E-state index contributed by atoms with van der Waals surface area (Å²) in [7, 11) is -2.71. The predicted octanol–water partition coefficient (Wildman–Crippen LogP) is 6.52. The summed E-state index contributed by atoms with van der Waals surface area (Å²) in [5.74, 6) is -0.393. The van der Waals surface area contributed by atoms with E-state index in [9.17, 15) is 18.0 Å². The molecule has 4 aromatic carbocycles. The topological polar surface area (TPSA) is 96.0 Å². The van der Waals surface area contributed by atoms with Gasteiger partial charge in [-0.1, -0.05) is 89.1 Å². The lowest BCUT2D eigenvalue weighted by molar-refractivity contribution is -0.140. The van der Waals surface area contributed by atoms with Crippen molar-refractivity contribution in [3.05, 3.63) is 124 Å². The highest BCUT2D eigenvalue weighted by molar-refractivity contribution is 9.10. The summed E-state index contributed by atoms with van der Waals surface area (Å²) < 4.78 is 35.8. The van der Waals surface area contributed by atoms with Gasteiger partial charge in [-0.05, 0) is 67.8 Å². The fraction of sp³-hybridized carbons (Fsp3) is 0.278. The van der Waals surface area contributed by atoms with Gasteiger partial charge in [-0.25, -0.2) is 8.42 Å². The van der Waals surface area contributed by atoms with Crippen molar-refractivity contribution in [2.24, 2.45) is 0 Å². The Bertz CT molecular complexity index is 1720. The number of ether oxygens (including phenoxy) is 1. The minimum Gasteiger partial charge on any atom is -0.497 e. The van der Waals surface area contributed by atoms with Crippen LogP contribution in [0.3, 0.4) is 0 Å². The molecule has 2 amide bonds. The zero-order chi connectivity index (χ0) is 33.3. The number of nitrogens with one attached hydrogen (secondary N) is 1. The fourth-order valence-electron chi connectivity index (χ4n) is 4.91. The lowest BCUT2D eigenvalue weighted by Gasteiger charge is -2.34. The summed E-state index contributed by atoms with van der Waals surface area (Å²) >= 11 is 3.46. The summed E-state index contributed by atoms with van der Waals surface area (Å²) in [5, 5.41) is 3.05. The molecule has 2 atom stereocenters. The fourth-order valence-corrected chi connectivity index (χ4v) is 6.58. The Morgan fingerprint density at radius 2 is 1.57 bits per heavy atom. The van der Waals surface area contributed by atoms with Gasteiger partial charge in [0.2, 0.25) is 11.8 Å². The molecule has 0 aliphatic carbocycles. The van der Waals surface area contributed by atoms with Gasteiger partial charge in [-0.2, -0.15) is 0 Å². The van der Waals surface area contributed by atoms with Crippen LogP contribution >= 0.6 is 15.9 Å². The van der Waals surface area contributed by atoms with Crippen LogP contribution in [0.5, 0.6) is 5.75 Å². The van der Waals surface area contributed by atoms with Crippen molar-refractivity contribution in [2.45, 2.75) is 57.1 Å². The van der Waals surface area contributed by atoms with E-state index in [0.29, 0.717) is 12.2 Å². The number of nitrogens with zero attached hydrogens (tertiary/aromatic N) is 2. The Balaban J connectivity index is 1.82. The maximum Gasteiger partial charge on any atom is 0.264 e. The zero-order valence-electron chi connectivity index (χ0n) is 26.5. The number of halogens is 1. The Hall–Kier alpha value is -4.15. The van der Waals surface area contributed by atoms with Gasteiger partial charge in [0.05, 0.1) is 17.7 Å². The normalized spacial score (nSPS) is 12.5. The summed E-state index contributed by atoms with van der Waals surface area (Å²) in [6.45, 7) is 5.31. The van der Waals surface area contributed by atoms with Crippen LogP contribution in [-0.4, -0.2) is 50.9 Å². The molecule has 0 aromatic heterocycles. The van der Waals surface area contributed by atoms with Crippen LogP contribution in [0.1, 0.15) is 37.0 Å². The molecule has 10 heteroatoms. The van der Waals surface area contributed by atoms with E-state index in [1.165, 1.54) is 24.1 Å². The lowest BCUT2D eigenvalue weighted by Crippen LogP contribution is -2.54. The molecule has 0 saturated heterocycles. The summed E-state index contributed by atoms with van der Waals surface area (Å²) in [5.41, 5.74) is 2.83. The molecule has 242 valence electrons. The van der Waals surface area contributed by atoms with Crippen LogP contribution in [0.2, 0.25) is 0 Å². The average molecular weight is 707 g/mol. The highest BCUT2D eigenvalue weighted by Gasteiger charge is 2.35. The van der Waals surface area contributed by atoms with Crippen LogP contribution in [0.15, 0.2) is 112 Å². The second-order valence-corrected chi connectivity index (χ2v) is 14.0. The number of carbonyl (C=O) groups is 2. The van der Waals surface area contributed by atoms with Gasteiger partial charge in [0.25, 0.3) is 10.0 Å². The molecule has 0 aliphatic rings. The van der Waals surface area contributed by atoms with Crippen molar-refractivity contribution in [1.29, 1.82) is 0 Å². The molecule has 0 heterocycles. The standard InChI is InChI=1S/C36H40BrN3O5S/c1-5-27(3)38-36(42)34(22-28-10-7-6-8-11-28)39(24-29-16-18-30(37)19-17-29)35(41)25-40(31-12-9-13-32(23-31)45-4)46(43,44)33-20-14-26(2)15-21-33/h6-21,23,27,34H,5,22,24-25H2,1-4H3,(H,38,42)/t27-,34+/m0/s1. The maximum atomic E-state index is 14.6. The predicted molar refractivity (Wildman–Crippen MR) is 185 cm³/mol. The molecule has 0 saturated carbocycles. The van der Waals surface area contributed by atoms with E-state index in [1.54, 1.807) is 36.4 Å². The van der Waals surface area contributed by atoms with Crippen LogP contribution in [0.25, 0.3) is 0 Å². The number of methoxy groups -OCH3 is 1. The second kappa shape index (κ2) is 15.9. The van der Waals surface area contributed by atoms with Crippen LogP contribution in [0, 0.1) is 6.92 Å². The van der Waals surface area contributed by atoms with Crippen molar-refractivity contribution in [2.75, 3.05) is 18.0 Å². The van der Waals surface area contributed by atoms with Crippen molar-refractivity contribution in [1.82, 2.24) is 10.2 Å². The van der Waals surface area contributed by atoms with E-state index in [1.807, 2.05) is 75.4 Å². The monoisotopic (exact) mass is 705 g/mol. The molecule has 46 heavy (non-hydrogen) atoms. The summed E-state index contributed by atoms with van der Waals surface area (Å²) in [4.78, 5) is 30.0. The Kier molecular flexibility index (Phi) is 12.0. The van der Waals surface area contributed by atoms with Gasteiger partial charge in [-0.3, -0.25) is 13.9 Å². The van der Waals surface area contributed by atoms with Gasteiger partial charge >= 0.3 is 0 Å². The first-order chi connectivity index (χ1) is 22.0. The van der Waals surface area contributed by atoms with E-state index in [2.05, 4.69) is 21.2 Å². The third kappa shape index (κ3) is 8.98. The first-order valence-corrected chi connectivity index (χ1v) is 17.4. The average Bonchev–Trinajstić information content (AvgIpc) is 3.06. The summed E-state index contributed by atoms with van der Waals surface area (Å²) in [6.07, 6.45) is 0.956. The first-order valence-electron chi connectivity index (χ1n) is 15.1. The molecule has 0 radical (unpaired) electrons. The van der Waals surface area contributed by atoms with Crippen LogP contribution in [-0.2, 0) is 32.6 Å². The number of rotatable bonds is 14. The molecule has 4 rings (SSSR count). The minimum absolute atomic E-state index is 0.0449. The number of benzene rings is 4. The number of aryl methyl sites for hydroxylation is 1. The van der Waals surface area contributed by atoms with Crippen molar-refractivity contribution in [3.63, 3.8) is 0 Å². The van der Waals surface area contributed by atoms with Gasteiger partial charge in [-0.15, -0.1) is 0 Å². The summed E-state index contributed by atoms with van der Waals surface area (Å²) in [6, 6.07) is 29.0. The third-order valence-corrected chi connectivity index (χ3v) is 10.1. The number of carbonyl (C=O) groups excluding carboxylic acids is 2. The molecule has 0 aliphatic heterocycles. The SMILES string of the molecule is CC[C@H](C)NC(=O)[C@@H](Cc1ccccc1)N(Cc1ccc(Br)cc1)C(=O)CN(c1cccc(OC)c1)S(=O)(=O)c1ccc(C)cc1. The number of hydrogen-bond acceptors (Lipinski definition) is 5. The molecule has 8 nitrogen and oxygen atoms in total. The smallest absolute Gasteiger partial charge is 0.264 e. The molecular weight excluding hydrogens is 666 g/mol. The zero-order valence-corrected chi connectivity index (χ0v) is 28.9. The number of hydrogen-bond donors (Lipinski definition) is 1. The second-order valence-electron chi connectivity index (χ2n) is 11.2. The Morgan fingerprint density at radius 1 is 0.891 bits per heavy atom. The van der Waals surface area contributed by atoms with Gasteiger partial charge < -0.3 is 15.0 Å². The lowest BCUT2D eigenvalue weighted by atomic mass is 10.0. The van der Waals surface area contributed by atoms with Crippen molar-refractivity contribution < 1.29 is 22.7 Å². The molecule has 1 N–H and O–H groups in total. The van der Waals surface area contributed by atoms with Gasteiger partial charge in [0, 0.05) is 29.5 Å². The van der Waals surface area contributed by atoms with E-state index >= 15 is 0 Å². The van der Waals surface area contributed by atoms with Crippen LogP contribution in [0.4, 0.5) is 5.69 Å². The van der Waals surface area contributed by atoms with E-state index in [-0.39, 0.29) is 35.5 Å². The van der Waals surface area contributed by atoms with E-state index < -0.39 is 28.5 Å². The molecule has 0 spiro atoms. The van der Waals surface area contributed by atoms with Crippen molar-refractivity contribution >= 4 is 43.5 Å². The number of amides is 2. The highest BCUT2D eigenvalue weighted by atomic mass is 79.9.